The SMILES string of the molecule is CC(=O)c1cc(C(=O)Nc2nnc(-c3ccccn3)s2)ccc1OC(C)C. The number of carbonyl (C=O) groups excluding carboxylic acids is 2. The molecule has 0 bridgehead atoms. The molecule has 0 atom stereocenters. The lowest BCUT2D eigenvalue weighted by Crippen LogP contribution is -2.14. The molecule has 0 radical (unpaired) electrons. The molecule has 7 nitrogen and oxygen atoms in total. The van der Waals surface area contributed by atoms with Crippen molar-refractivity contribution in [1.82, 2.24) is 15.2 Å². The normalized spacial score (nSPS) is 10.7. The molecule has 27 heavy (non-hydrogen) atoms. The molecule has 0 aliphatic heterocycles. The van der Waals surface area contributed by atoms with Gasteiger partial charge in [-0.1, -0.05) is 17.4 Å². The van der Waals surface area contributed by atoms with Crippen LogP contribution < -0.4 is 10.1 Å². The van der Waals surface area contributed by atoms with Gasteiger partial charge in [0.1, 0.15) is 11.4 Å². The summed E-state index contributed by atoms with van der Waals surface area (Å²) in [6, 6.07) is 10.2. The molecular weight excluding hydrogens is 364 g/mol. The van der Waals surface area contributed by atoms with Crippen LogP contribution in [0.5, 0.6) is 5.75 Å². The van der Waals surface area contributed by atoms with Crippen LogP contribution in [0.4, 0.5) is 5.13 Å². The van der Waals surface area contributed by atoms with Crippen molar-refractivity contribution in [2.24, 2.45) is 0 Å². The highest BCUT2D eigenvalue weighted by Crippen LogP contribution is 2.26. The van der Waals surface area contributed by atoms with Gasteiger partial charge in [0.2, 0.25) is 5.13 Å². The van der Waals surface area contributed by atoms with Crippen LogP contribution in [0, 0.1) is 0 Å². The van der Waals surface area contributed by atoms with Gasteiger partial charge in [-0.2, -0.15) is 0 Å². The van der Waals surface area contributed by atoms with E-state index in [1.165, 1.54) is 24.3 Å². The molecule has 3 aromatic rings. The third kappa shape index (κ3) is 4.53. The first-order valence-corrected chi connectivity index (χ1v) is 9.13. The molecule has 2 aromatic heterocycles. The van der Waals surface area contributed by atoms with Gasteiger partial charge in [0.05, 0.1) is 11.7 Å². The molecule has 3 rings (SSSR count). The number of carbonyl (C=O) groups is 2. The highest BCUT2D eigenvalue weighted by molar-refractivity contribution is 7.18. The van der Waals surface area contributed by atoms with E-state index in [-0.39, 0.29) is 17.8 Å². The van der Waals surface area contributed by atoms with Gasteiger partial charge in [0.15, 0.2) is 10.8 Å². The summed E-state index contributed by atoms with van der Waals surface area (Å²) in [6.45, 7) is 5.19. The molecule has 1 aromatic carbocycles. The number of nitrogens with one attached hydrogen (secondary N) is 1. The molecule has 1 N–H and O–H groups in total. The van der Waals surface area contributed by atoms with E-state index in [2.05, 4.69) is 20.5 Å². The number of hydrogen-bond donors (Lipinski definition) is 1. The van der Waals surface area contributed by atoms with Gasteiger partial charge in [-0.15, -0.1) is 10.2 Å². The summed E-state index contributed by atoms with van der Waals surface area (Å²) in [5.74, 6) is -0.0895. The lowest BCUT2D eigenvalue weighted by atomic mass is 10.1. The van der Waals surface area contributed by atoms with E-state index in [4.69, 9.17) is 4.74 Å². The Morgan fingerprint density at radius 2 is 1.96 bits per heavy atom. The molecule has 2 heterocycles. The third-order valence-corrected chi connectivity index (χ3v) is 4.37. The molecule has 0 aliphatic carbocycles. The fourth-order valence-corrected chi connectivity index (χ4v) is 3.05. The lowest BCUT2D eigenvalue weighted by molar-refractivity contribution is 0.101. The highest BCUT2D eigenvalue weighted by atomic mass is 32.1. The van der Waals surface area contributed by atoms with Crippen LogP contribution in [0.25, 0.3) is 10.7 Å². The average molecular weight is 382 g/mol. The molecule has 8 heteroatoms. The Bertz CT molecular complexity index is 970. The number of benzene rings is 1. The number of Topliss-reactive ketones (excluding diaryl/α,β-unsaturated/α-hetero) is 1. The Morgan fingerprint density at radius 3 is 2.63 bits per heavy atom. The quantitative estimate of drug-likeness (QED) is 0.651. The summed E-state index contributed by atoms with van der Waals surface area (Å²) in [4.78, 5) is 28.6. The van der Waals surface area contributed by atoms with Crippen molar-refractivity contribution in [2.75, 3.05) is 5.32 Å². The number of rotatable bonds is 6. The Balaban J connectivity index is 1.79. The summed E-state index contributed by atoms with van der Waals surface area (Å²) in [7, 11) is 0. The summed E-state index contributed by atoms with van der Waals surface area (Å²) in [5, 5.41) is 11.7. The first kappa shape index (κ1) is 18.7. The highest BCUT2D eigenvalue weighted by Gasteiger charge is 2.16. The molecule has 0 unspecified atom stereocenters. The Labute approximate surface area is 160 Å². The first-order valence-electron chi connectivity index (χ1n) is 8.32. The zero-order chi connectivity index (χ0) is 19.4. The van der Waals surface area contributed by atoms with E-state index < -0.39 is 0 Å². The maximum absolute atomic E-state index is 12.5. The lowest BCUT2D eigenvalue weighted by Gasteiger charge is -2.13. The van der Waals surface area contributed by atoms with Gasteiger partial charge < -0.3 is 4.74 Å². The van der Waals surface area contributed by atoms with Crippen molar-refractivity contribution in [3.8, 4) is 16.5 Å². The number of anilines is 1. The molecule has 1 amide bonds. The van der Waals surface area contributed by atoms with Crippen LogP contribution in [-0.4, -0.2) is 33.0 Å². The number of amides is 1. The third-order valence-electron chi connectivity index (χ3n) is 3.51. The maximum Gasteiger partial charge on any atom is 0.257 e. The van der Waals surface area contributed by atoms with E-state index in [9.17, 15) is 9.59 Å². The number of ether oxygens (including phenoxy) is 1. The molecule has 0 aliphatic rings. The smallest absolute Gasteiger partial charge is 0.257 e. The molecule has 0 fully saturated rings. The van der Waals surface area contributed by atoms with Crippen molar-refractivity contribution in [3.63, 3.8) is 0 Å². The molecular formula is C19H18N4O3S. The van der Waals surface area contributed by atoms with Crippen molar-refractivity contribution >= 4 is 28.2 Å². The number of hydrogen-bond acceptors (Lipinski definition) is 7. The summed E-state index contributed by atoms with van der Waals surface area (Å²) >= 11 is 1.22. The fourth-order valence-electron chi connectivity index (χ4n) is 2.34. The summed E-state index contributed by atoms with van der Waals surface area (Å²) < 4.78 is 5.63. The molecule has 0 spiro atoms. The standard InChI is InChI=1S/C19H18N4O3S/c1-11(2)26-16-8-7-13(10-14(16)12(3)24)17(25)21-19-23-22-18(27-19)15-6-4-5-9-20-15/h4-11H,1-3H3,(H,21,23,25). The van der Waals surface area contributed by atoms with Crippen LogP contribution in [-0.2, 0) is 0 Å². The molecule has 138 valence electrons. The van der Waals surface area contributed by atoms with Gasteiger partial charge in [-0.3, -0.25) is 19.9 Å². The van der Waals surface area contributed by atoms with Gasteiger partial charge in [-0.05, 0) is 51.1 Å². The van der Waals surface area contributed by atoms with Crippen molar-refractivity contribution in [3.05, 3.63) is 53.7 Å². The number of aromatic nitrogens is 3. The van der Waals surface area contributed by atoms with Crippen LogP contribution in [0.2, 0.25) is 0 Å². The summed E-state index contributed by atoms with van der Waals surface area (Å²) in [5.41, 5.74) is 1.39. The van der Waals surface area contributed by atoms with Gasteiger partial charge in [0, 0.05) is 11.8 Å². The number of nitrogens with zero attached hydrogens (tertiary/aromatic N) is 3. The van der Waals surface area contributed by atoms with E-state index in [1.54, 1.807) is 18.3 Å². The monoisotopic (exact) mass is 382 g/mol. The average Bonchev–Trinajstić information content (AvgIpc) is 3.10. The number of ketones is 1. The minimum absolute atomic E-state index is 0.0748. The minimum Gasteiger partial charge on any atom is -0.490 e. The van der Waals surface area contributed by atoms with Gasteiger partial charge in [-0.25, -0.2) is 0 Å². The van der Waals surface area contributed by atoms with E-state index in [0.717, 1.165) is 0 Å². The van der Waals surface area contributed by atoms with Crippen LogP contribution in [0.1, 0.15) is 41.5 Å². The van der Waals surface area contributed by atoms with Crippen molar-refractivity contribution in [2.45, 2.75) is 26.9 Å². The van der Waals surface area contributed by atoms with Crippen LogP contribution in [0.15, 0.2) is 42.6 Å². The Hall–Kier alpha value is -3.13. The topological polar surface area (TPSA) is 94.1 Å². The molecule has 0 saturated heterocycles. The van der Waals surface area contributed by atoms with Crippen molar-refractivity contribution in [1.29, 1.82) is 0 Å². The predicted molar refractivity (Wildman–Crippen MR) is 103 cm³/mol. The predicted octanol–water partition coefficient (Wildman–Crippen LogP) is 3.84. The van der Waals surface area contributed by atoms with Gasteiger partial charge >= 0.3 is 0 Å². The second-order valence-electron chi connectivity index (χ2n) is 6.02. The Kier molecular flexibility index (Phi) is 5.56. The largest absolute Gasteiger partial charge is 0.490 e. The van der Waals surface area contributed by atoms with Crippen LogP contribution >= 0.6 is 11.3 Å². The molecule has 0 saturated carbocycles. The zero-order valence-corrected chi connectivity index (χ0v) is 15.9. The minimum atomic E-state index is -0.377. The summed E-state index contributed by atoms with van der Waals surface area (Å²) in [6.07, 6.45) is 1.59. The van der Waals surface area contributed by atoms with E-state index in [1.807, 2.05) is 32.0 Å². The Morgan fingerprint density at radius 1 is 1.15 bits per heavy atom. The fraction of sp³-hybridized carbons (Fsp3) is 0.211. The zero-order valence-electron chi connectivity index (χ0n) is 15.1. The van der Waals surface area contributed by atoms with E-state index >= 15 is 0 Å². The van der Waals surface area contributed by atoms with Gasteiger partial charge in [0.25, 0.3) is 5.91 Å². The second kappa shape index (κ2) is 8.05. The van der Waals surface area contributed by atoms with Crippen LogP contribution in [0.3, 0.4) is 0 Å². The van der Waals surface area contributed by atoms with E-state index in [0.29, 0.717) is 32.7 Å². The number of pyridine rings is 1. The second-order valence-corrected chi connectivity index (χ2v) is 6.99. The first-order chi connectivity index (χ1) is 12.9. The maximum atomic E-state index is 12.5. The van der Waals surface area contributed by atoms with Crippen molar-refractivity contribution < 1.29 is 14.3 Å².